The van der Waals surface area contributed by atoms with E-state index in [1.807, 2.05) is 48.5 Å². The molecule has 0 saturated heterocycles. The number of benzene rings is 2. The van der Waals surface area contributed by atoms with Gasteiger partial charge in [0.05, 0.1) is 14.2 Å². The molecule has 0 aliphatic rings. The van der Waals surface area contributed by atoms with Gasteiger partial charge < -0.3 is 19.7 Å². The highest BCUT2D eigenvalue weighted by molar-refractivity contribution is 6.04. The molecule has 0 saturated carbocycles. The van der Waals surface area contributed by atoms with Crippen LogP contribution in [0.25, 0.3) is 0 Å². The van der Waals surface area contributed by atoms with E-state index in [4.69, 9.17) is 9.47 Å². The predicted octanol–water partition coefficient (Wildman–Crippen LogP) is 3.38. The first-order valence-electron chi connectivity index (χ1n) is 8.72. The molecule has 1 amide bonds. The number of carbonyl (C=O) groups excluding carboxylic acids is 1. The first kappa shape index (κ1) is 19.2. The highest BCUT2D eigenvalue weighted by Gasteiger charge is 2.15. The quantitative estimate of drug-likeness (QED) is 0.679. The van der Waals surface area contributed by atoms with Gasteiger partial charge in [0.1, 0.15) is 17.8 Å². The van der Waals surface area contributed by atoms with Gasteiger partial charge in [-0.1, -0.05) is 24.3 Å². The number of nitrogens with one attached hydrogen (secondary N) is 1. The number of anilines is 2. The number of methoxy groups -OCH3 is 2. The Balaban J connectivity index is 1.71. The van der Waals surface area contributed by atoms with Crippen LogP contribution in [0.5, 0.6) is 11.5 Å². The Kier molecular flexibility index (Phi) is 6.06. The minimum Gasteiger partial charge on any atom is -0.493 e. The topological polar surface area (TPSA) is 76.6 Å². The molecule has 1 aromatic heterocycles. The molecule has 7 nitrogen and oxygen atoms in total. The van der Waals surface area contributed by atoms with Crippen molar-refractivity contribution in [2.45, 2.75) is 6.54 Å². The third-order valence-corrected chi connectivity index (χ3v) is 4.26. The maximum Gasteiger partial charge on any atom is 0.276 e. The molecule has 0 spiro atoms. The second-order valence-corrected chi connectivity index (χ2v) is 6.03. The maximum atomic E-state index is 12.7. The summed E-state index contributed by atoms with van der Waals surface area (Å²) >= 11 is 0. The van der Waals surface area contributed by atoms with Crippen LogP contribution in [0.4, 0.5) is 11.5 Å². The predicted molar refractivity (Wildman–Crippen MR) is 108 cm³/mol. The average molecular weight is 378 g/mol. The maximum absolute atomic E-state index is 12.7. The van der Waals surface area contributed by atoms with Gasteiger partial charge in [0.2, 0.25) is 0 Å². The van der Waals surface area contributed by atoms with E-state index in [0.717, 1.165) is 11.3 Å². The van der Waals surface area contributed by atoms with Crippen LogP contribution >= 0.6 is 0 Å². The summed E-state index contributed by atoms with van der Waals surface area (Å²) in [6.07, 6.45) is 1.38. The van der Waals surface area contributed by atoms with E-state index in [-0.39, 0.29) is 5.91 Å². The standard InChI is InChI=1S/C21H22N4O3/c1-25(16-7-5-4-6-8-16)21(26)17-12-20(24-14-23-17)22-13-15-9-10-18(27-2)19(11-15)28-3/h4-12,14H,13H2,1-3H3,(H,22,23,24). The van der Waals surface area contributed by atoms with Gasteiger partial charge in [0.15, 0.2) is 11.5 Å². The molecule has 1 heterocycles. The number of ether oxygens (including phenoxy) is 2. The summed E-state index contributed by atoms with van der Waals surface area (Å²) in [7, 11) is 4.92. The first-order valence-corrected chi connectivity index (χ1v) is 8.72. The highest BCUT2D eigenvalue weighted by atomic mass is 16.5. The smallest absolute Gasteiger partial charge is 0.276 e. The zero-order chi connectivity index (χ0) is 19.9. The summed E-state index contributed by atoms with van der Waals surface area (Å²) in [4.78, 5) is 22.6. The molecule has 0 aliphatic heterocycles. The number of amides is 1. The zero-order valence-corrected chi connectivity index (χ0v) is 16.0. The number of rotatable bonds is 7. The molecular weight excluding hydrogens is 356 g/mol. The lowest BCUT2D eigenvalue weighted by Gasteiger charge is -2.17. The van der Waals surface area contributed by atoms with Crippen molar-refractivity contribution >= 4 is 17.4 Å². The molecule has 0 atom stereocenters. The molecule has 0 unspecified atom stereocenters. The Morgan fingerprint density at radius 2 is 1.75 bits per heavy atom. The Morgan fingerprint density at radius 1 is 1.00 bits per heavy atom. The van der Waals surface area contributed by atoms with Crippen molar-refractivity contribution in [2.75, 3.05) is 31.5 Å². The van der Waals surface area contributed by atoms with Gasteiger partial charge in [0.25, 0.3) is 5.91 Å². The highest BCUT2D eigenvalue weighted by Crippen LogP contribution is 2.27. The van der Waals surface area contributed by atoms with Crippen molar-refractivity contribution in [1.29, 1.82) is 0 Å². The van der Waals surface area contributed by atoms with Crippen LogP contribution in [0.2, 0.25) is 0 Å². The molecule has 28 heavy (non-hydrogen) atoms. The van der Waals surface area contributed by atoms with Crippen molar-refractivity contribution in [1.82, 2.24) is 9.97 Å². The number of hydrogen-bond acceptors (Lipinski definition) is 6. The van der Waals surface area contributed by atoms with Crippen molar-refractivity contribution < 1.29 is 14.3 Å². The van der Waals surface area contributed by atoms with E-state index < -0.39 is 0 Å². The summed E-state index contributed by atoms with van der Waals surface area (Å²) < 4.78 is 10.6. The third kappa shape index (κ3) is 4.37. The second kappa shape index (κ2) is 8.85. The number of para-hydroxylation sites is 1. The Morgan fingerprint density at radius 3 is 2.46 bits per heavy atom. The van der Waals surface area contributed by atoms with Gasteiger partial charge in [-0.3, -0.25) is 4.79 Å². The van der Waals surface area contributed by atoms with Gasteiger partial charge >= 0.3 is 0 Å². The van der Waals surface area contributed by atoms with E-state index >= 15 is 0 Å². The molecule has 1 N–H and O–H groups in total. The average Bonchev–Trinajstić information content (AvgIpc) is 2.77. The normalized spacial score (nSPS) is 10.2. The van der Waals surface area contributed by atoms with Crippen molar-refractivity contribution in [3.8, 4) is 11.5 Å². The fraction of sp³-hybridized carbons (Fsp3) is 0.190. The largest absolute Gasteiger partial charge is 0.493 e. The monoisotopic (exact) mass is 378 g/mol. The SMILES string of the molecule is COc1ccc(CNc2cc(C(=O)N(C)c3ccccc3)ncn2)cc1OC. The van der Waals surface area contributed by atoms with Crippen LogP contribution in [0.3, 0.4) is 0 Å². The molecular formula is C21H22N4O3. The molecule has 7 heteroatoms. The van der Waals surface area contributed by atoms with Crippen molar-refractivity contribution in [3.63, 3.8) is 0 Å². The van der Waals surface area contributed by atoms with Gasteiger partial charge in [-0.25, -0.2) is 9.97 Å². The van der Waals surface area contributed by atoms with Gasteiger partial charge in [-0.2, -0.15) is 0 Å². The van der Waals surface area contributed by atoms with Crippen LogP contribution in [0.15, 0.2) is 60.9 Å². The lowest BCUT2D eigenvalue weighted by molar-refractivity contribution is 0.0988. The third-order valence-electron chi connectivity index (χ3n) is 4.26. The Bertz CT molecular complexity index is 947. The first-order chi connectivity index (χ1) is 13.6. The zero-order valence-electron chi connectivity index (χ0n) is 16.0. The van der Waals surface area contributed by atoms with Crippen molar-refractivity contribution in [3.05, 3.63) is 72.2 Å². The Labute approximate surface area is 164 Å². The summed E-state index contributed by atoms with van der Waals surface area (Å²) in [6, 6.07) is 16.7. The lowest BCUT2D eigenvalue weighted by Crippen LogP contribution is -2.27. The van der Waals surface area contributed by atoms with Crippen LogP contribution in [-0.4, -0.2) is 37.1 Å². The molecule has 0 fully saturated rings. The number of hydrogen-bond donors (Lipinski definition) is 1. The Hall–Kier alpha value is -3.61. The van der Waals surface area contributed by atoms with E-state index in [2.05, 4.69) is 15.3 Å². The van der Waals surface area contributed by atoms with E-state index in [1.54, 1.807) is 32.2 Å². The van der Waals surface area contributed by atoms with Crippen molar-refractivity contribution in [2.24, 2.45) is 0 Å². The van der Waals surface area contributed by atoms with Crippen LogP contribution < -0.4 is 19.7 Å². The minimum absolute atomic E-state index is 0.206. The van der Waals surface area contributed by atoms with Crippen LogP contribution in [0, 0.1) is 0 Å². The number of nitrogens with zero attached hydrogens (tertiary/aromatic N) is 3. The lowest BCUT2D eigenvalue weighted by atomic mass is 10.2. The fourth-order valence-corrected chi connectivity index (χ4v) is 2.69. The minimum atomic E-state index is -0.206. The van der Waals surface area contributed by atoms with Gasteiger partial charge in [0, 0.05) is 25.3 Å². The summed E-state index contributed by atoms with van der Waals surface area (Å²) in [5, 5.41) is 3.21. The molecule has 3 rings (SSSR count). The summed E-state index contributed by atoms with van der Waals surface area (Å²) in [5.74, 6) is 1.69. The molecule has 144 valence electrons. The van der Waals surface area contributed by atoms with Gasteiger partial charge in [-0.15, -0.1) is 0 Å². The van der Waals surface area contributed by atoms with Gasteiger partial charge in [-0.05, 0) is 29.8 Å². The molecule has 0 aliphatic carbocycles. The van der Waals surface area contributed by atoms with Crippen LogP contribution in [0.1, 0.15) is 16.1 Å². The summed E-state index contributed by atoms with van der Waals surface area (Å²) in [5.41, 5.74) is 2.10. The molecule has 2 aromatic carbocycles. The molecule has 0 bridgehead atoms. The fourth-order valence-electron chi connectivity index (χ4n) is 2.69. The molecule has 0 radical (unpaired) electrons. The summed E-state index contributed by atoms with van der Waals surface area (Å²) in [6.45, 7) is 0.513. The van der Waals surface area contributed by atoms with E-state index in [0.29, 0.717) is 29.6 Å². The van der Waals surface area contributed by atoms with Crippen LogP contribution in [-0.2, 0) is 6.54 Å². The molecule has 3 aromatic rings. The number of carbonyl (C=O) groups is 1. The number of aromatic nitrogens is 2. The second-order valence-electron chi connectivity index (χ2n) is 6.03. The van der Waals surface area contributed by atoms with E-state index in [9.17, 15) is 4.79 Å². The van der Waals surface area contributed by atoms with E-state index in [1.165, 1.54) is 6.33 Å².